The van der Waals surface area contributed by atoms with Crippen molar-refractivity contribution >= 4 is 46.9 Å². The van der Waals surface area contributed by atoms with E-state index in [9.17, 15) is 24.6 Å². The van der Waals surface area contributed by atoms with E-state index in [0.29, 0.717) is 5.02 Å². The largest absolute Gasteiger partial charge is 0.545 e. The van der Waals surface area contributed by atoms with Gasteiger partial charge in [-0.15, -0.1) is 11.8 Å². The molecule has 6 nitrogen and oxygen atoms in total. The second kappa shape index (κ2) is 7.85. The number of carbonyl (C=O) groups is 3. The van der Waals surface area contributed by atoms with Crippen LogP contribution in [0.2, 0.25) is 5.02 Å². The zero-order chi connectivity index (χ0) is 17.7. The van der Waals surface area contributed by atoms with Crippen molar-refractivity contribution in [1.29, 1.82) is 0 Å². The number of halogens is 1. The summed E-state index contributed by atoms with van der Waals surface area (Å²) in [6, 6.07) is 10.0. The SMILES string of the molecule is O=C(CSc1ccc(Cl)cc1)Nc1cc(C(=O)[O-])cc(C(=O)[O-])c1. The molecule has 0 aliphatic heterocycles. The lowest BCUT2D eigenvalue weighted by atomic mass is 10.1. The van der Waals surface area contributed by atoms with Crippen molar-refractivity contribution in [2.45, 2.75) is 4.90 Å². The lowest BCUT2D eigenvalue weighted by Crippen LogP contribution is -2.26. The van der Waals surface area contributed by atoms with Crippen LogP contribution in [0.4, 0.5) is 5.69 Å². The second-order valence-electron chi connectivity index (χ2n) is 4.66. The molecule has 2 aromatic carbocycles. The van der Waals surface area contributed by atoms with E-state index in [0.717, 1.165) is 23.1 Å². The number of hydrogen-bond donors (Lipinski definition) is 1. The molecule has 124 valence electrons. The number of nitrogens with one attached hydrogen (secondary N) is 1. The van der Waals surface area contributed by atoms with Crippen molar-refractivity contribution in [3.63, 3.8) is 0 Å². The van der Waals surface area contributed by atoms with Crippen molar-refractivity contribution in [3.8, 4) is 0 Å². The first-order valence-corrected chi connectivity index (χ1v) is 7.97. The van der Waals surface area contributed by atoms with Gasteiger partial charge in [-0.25, -0.2) is 0 Å². The summed E-state index contributed by atoms with van der Waals surface area (Å²) in [7, 11) is 0. The van der Waals surface area contributed by atoms with Crippen LogP contribution < -0.4 is 15.5 Å². The zero-order valence-electron chi connectivity index (χ0n) is 12.1. The number of benzene rings is 2. The summed E-state index contributed by atoms with van der Waals surface area (Å²) in [5.41, 5.74) is -0.688. The number of aromatic carboxylic acids is 2. The van der Waals surface area contributed by atoms with E-state index in [1.807, 2.05) is 0 Å². The van der Waals surface area contributed by atoms with Crippen LogP contribution in [0.3, 0.4) is 0 Å². The normalized spacial score (nSPS) is 10.2. The molecule has 0 aliphatic rings. The molecule has 0 heterocycles. The Balaban J connectivity index is 2.06. The molecule has 0 aromatic heterocycles. The first-order valence-electron chi connectivity index (χ1n) is 6.61. The van der Waals surface area contributed by atoms with Gasteiger partial charge < -0.3 is 25.1 Å². The van der Waals surface area contributed by atoms with Gasteiger partial charge in [-0.3, -0.25) is 4.79 Å². The van der Waals surface area contributed by atoms with E-state index in [1.54, 1.807) is 24.3 Å². The summed E-state index contributed by atoms with van der Waals surface area (Å²) in [5.74, 6) is -3.47. The van der Waals surface area contributed by atoms with Crippen molar-refractivity contribution in [2.24, 2.45) is 0 Å². The molecule has 0 fully saturated rings. The number of carboxylic acid groups (broad SMARTS) is 2. The van der Waals surface area contributed by atoms with Crippen LogP contribution in [-0.4, -0.2) is 23.6 Å². The maximum atomic E-state index is 11.9. The molecule has 24 heavy (non-hydrogen) atoms. The fourth-order valence-corrected chi connectivity index (χ4v) is 2.64. The third-order valence-electron chi connectivity index (χ3n) is 2.87. The lowest BCUT2D eigenvalue weighted by Gasteiger charge is -2.12. The maximum absolute atomic E-state index is 11.9. The molecule has 0 spiro atoms. The predicted molar refractivity (Wildman–Crippen MR) is 85.9 cm³/mol. The Morgan fingerprint density at radius 2 is 1.50 bits per heavy atom. The molecule has 1 amide bonds. The number of carbonyl (C=O) groups excluding carboxylic acids is 3. The van der Waals surface area contributed by atoms with Crippen molar-refractivity contribution < 1.29 is 24.6 Å². The Morgan fingerprint density at radius 3 is 2.00 bits per heavy atom. The van der Waals surface area contributed by atoms with Gasteiger partial charge in [0.2, 0.25) is 5.91 Å². The van der Waals surface area contributed by atoms with E-state index < -0.39 is 17.8 Å². The first-order chi connectivity index (χ1) is 11.3. The number of amides is 1. The lowest BCUT2D eigenvalue weighted by molar-refractivity contribution is -0.255. The summed E-state index contributed by atoms with van der Waals surface area (Å²) in [5, 5.41) is 24.8. The molecular formula is C16H10ClNO5S-2. The zero-order valence-corrected chi connectivity index (χ0v) is 13.6. The average Bonchev–Trinajstić information content (AvgIpc) is 2.54. The van der Waals surface area contributed by atoms with Crippen LogP contribution in [0.1, 0.15) is 20.7 Å². The Morgan fingerprint density at radius 1 is 0.958 bits per heavy atom. The third-order valence-corrected chi connectivity index (χ3v) is 4.14. The summed E-state index contributed by atoms with van der Waals surface area (Å²) in [6.45, 7) is 0. The summed E-state index contributed by atoms with van der Waals surface area (Å²) in [4.78, 5) is 34.6. The topological polar surface area (TPSA) is 109 Å². The molecule has 2 aromatic rings. The van der Waals surface area contributed by atoms with Gasteiger partial charge in [0.15, 0.2) is 0 Å². The minimum atomic E-state index is -1.55. The van der Waals surface area contributed by atoms with Crippen LogP contribution in [0.5, 0.6) is 0 Å². The van der Waals surface area contributed by atoms with Gasteiger partial charge in [0.05, 0.1) is 17.7 Å². The van der Waals surface area contributed by atoms with Gasteiger partial charge in [0, 0.05) is 15.6 Å². The van der Waals surface area contributed by atoms with Crippen LogP contribution in [-0.2, 0) is 4.79 Å². The van der Waals surface area contributed by atoms with Crippen LogP contribution >= 0.6 is 23.4 Å². The molecule has 1 N–H and O–H groups in total. The predicted octanol–water partition coefficient (Wildman–Crippen LogP) is 0.798. The number of anilines is 1. The van der Waals surface area contributed by atoms with E-state index in [-0.39, 0.29) is 22.6 Å². The number of thioether (sulfide) groups is 1. The summed E-state index contributed by atoms with van der Waals surface area (Å²) >= 11 is 7.02. The highest BCUT2D eigenvalue weighted by atomic mass is 35.5. The van der Waals surface area contributed by atoms with Gasteiger partial charge in [0.25, 0.3) is 0 Å². The van der Waals surface area contributed by atoms with E-state index in [4.69, 9.17) is 11.6 Å². The quantitative estimate of drug-likeness (QED) is 0.760. The first kappa shape index (κ1) is 17.8. The average molecular weight is 364 g/mol. The van der Waals surface area contributed by atoms with E-state index >= 15 is 0 Å². The fraction of sp³-hybridized carbons (Fsp3) is 0.0625. The minimum Gasteiger partial charge on any atom is -0.545 e. The second-order valence-corrected chi connectivity index (χ2v) is 6.15. The third kappa shape index (κ3) is 5.00. The fourth-order valence-electron chi connectivity index (χ4n) is 1.81. The van der Waals surface area contributed by atoms with Crippen LogP contribution in [0, 0.1) is 0 Å². The van der Waals surface area contributed by atoms with Crippen molar-refractivity contribution in [3.05, 3.63) is 58.6 Å². The number of rotatable bonds is 6. The molecule has 0 bridgehead atoms. The van der Waals surface area contributed by atoms with Gasteiger partial charge in [-0.05, 0) is 53.6 Å². The standard InChI is InChI=1S/C16H12ClNO5S/c17-11-1-3-13(4-2-11)24-8-14(19)18-12-6-9(15(20)21)5-10(7-12)16(22)23/h1-7H,8H2,(H,18,19)(H,20,21)(H,22,23)/p-2. The Labute approximate surface area is 146 Å². The molecule has 0 atom stereocenters. The van der Waals surface area contributed by atoms with Crippen LogP contribution in [0.25, 0.3) is 0 Å². The van der Waals surface area contributed by atoms with E-state index in [1.165, 1.54) is 11.8 Å². The van der Waals surface area contributed by atoms with E-state index in [2.05, 4.69) is 5.32 Å². The van der Waals surface area contributed by atoms with Gasteiger partial charge in [0.1, 0.15) is 0 Å². The summed E-state index contributed by atoms with van der Waals surface area (Å²) < 4.78 is 0. The molecule has 0 aliphatic carbocycles. The van der Waals surface area contributed by atoms with Crippen LogP contribution in [0.15, 0.2) is 47.4 Å². The molecular weight excluding hydrogens is 354 g/mol. The smallest absolute Gasteiger partial charge is 0.234 e. The van der Waals surface area contributed by atoms with Gasteiger partial charge in [-0.1, -0.05) is 11.6 Å². The van der Waals surface area contributed by atoms with Gasteiger partial charge >= 0.3 is 0 Å². The molecule has 0 unspecified atom stereocenters. The maximum Gasteiger partial charge on any atom is 0.234 e. The van der Waals surface area contributed by atoms with Gasteiger partial charge in [-0.2, -0.15) is 0 Å². The monoisotopic (exact) mass is 363 g/mol. The molecule has 0 saturated heterocycles. The Hall–Kier alpha value is -2.51. The molecule has 0 radical (unpaired) electrons. The highest BCUT2D eigenvalue weighted by Crippen LogP contribution is 2.21. The molecule has 0 saturated carbocycles. The van der Waals surface area contributed by atoms with Crippen molar-refractivity contribution in [1.82, 2.24) is 0 Å². The Bertz CT molecular complexity index is 759. The molecule has 8 heteroatoms. The highest BCUT2D eigenvalue weighted by Gasteiger charge is 2.08. The summed E-state index contributed by atoms with van der Waals surface area (Å²) in [6.07, 6.45) is 0. The minimum absolute atomic E-state index is 0.0395. The van der Waals surface area contributed by atoms with Crippen molar-refractivity contribution in [2.75, 3.05) is 11.1 Å². The number of carboxylic acids is 2. The molecule has 2 rings (SSSR count). The number of hydrogen-bond acceptors (Lipinski definition) is 6. The Kier molecular flexibility index (Phi) is 5.83. The highest BCUT2D eigenvalue weighted by molar-refractivity contribution is 8.00.